The van der Waals surface area contributed by atoms with Crippen LogP contribution in [0, 0.1) is 5.41 Å². The molecule has 0 saturated carbocycles. The standard InChI is InChI=1S/C14H24N2O2S/c1-11(2)13-16-12(8-19-13)7-15-9-14(3-5-17)4-6-18-10-14/h8,11,15,17H,3-7,9-10H2,1-2H3. The van der Waals surface area contributed by atoms with E-state index in [1.807, 2.05) is 0 Å². The number of hydrogen-bond donors (Lipinski definition) is 2. The van der Waals surface area contributed by atoms with E-state index >= 15 is 0 Å². The van der Waals surface area contributed by atoms with E-state index < -0.39 is 0 Å². The summed E-state index contributed by atoms with van der Waals surface area (Å²) in [5, 5.41) is 16.0. The van der Waals surface area contributed by atoms with Gasteiger partial charge in [0, 0.05) is 43.0 Å². The molecule has 1 atom stereocenters. The lowest BCUT2D eigenvalue weighted by Gasteiger charge is -2.26. The molecule has 19 heavy (non-hydrogen) atoms. The number of nitrogens with zero attached hydrogens (tertiary/aromatic N) is 1. The molecule has 0 aromatic carbocycles. The van der Waals surface area contributed by atoms with Crippen LogP contribution in [-0.2, 0) is 11.3 Å². The second kappa shape index (κ2) is 6.79. The van der Waals surface area contributed by atoms with E-state index in [2.05, 4.69) is 29.5 Å². The quantitative estimate of drug-likeness (QED) is 0.805. The largest absolute Gasteiger partial charge is 0.396 e. The SMILES string of the molecule is CC(C)c1nc(CNCC2(CCO)CCOC2)cs1. The van der Waals surface area contributed by atoms with Crippen molar-refractivity contribution < 1.29 is 9.84 Å². The maximum Gasteiger partial charge on any atom is 0.0954 e. The average molecular weight is 284 g/mol. The van der Waals surface area contributed by atoms with Crippen LogP contribution >= 0.6 is 11.3 Å². The Morgan fingerprint density at radius 3 is 3.00 bits per heavy atom. The van der Waals surface area contributed by atoms with Crippen molar-refractivity contribution in [2.45, 2.75) is 39.2 Å². The van der Waals surface area contributed by atoms with Gasteiger partial charge in [0.05, 0.1) is 17.3 Å². The van der Waals surface area contributed by atoms with Crippen LogP contribution in [-0.4, -0.2) is 36.5 Å². The van der Waals surface area contributed by atoms with Gasteiger partial charge < -0.3 is 15.2 Å². The van der Waals surface area contributed by atoms with Crippen LogP contribution in [0.15, 0.2) is 5.38 Å². The molecule has 2 N–H and O–H groups in total. The highest BCUT2D eigenvalue weighted by Gasteiger charge is 2.33. The summed E-state index contributed by atoms with van der Waals surface area (Å²) in [6.45, 7) is 7.84. The number of aromatic nitrogens is 1. The number of rotatable bonds is 7. The first kappa shape index (κ1) is 14.9. The number of nitrogens with one attached hydrogen (secondary N) is 1. The number of hydrogen-bond acceptors (Lipinski definition) is 5. The van der Waals surface area contributed by atoms with Crippen molar-refractivity contribution in [1.29, 1.82) is 0 Å². The molecule has 1 aromatic heterocycles. The summed E-state index contributed by atoms with van der Waals surface area (Å²) in [6, 6.07) is 0. The normalized spacial score (nSPS) is 23.4. The summed E-state index contributed by atoms with van der Waals surface area (Å²) in [5.41, 5.74) is 1.23. The topological polar surface area (TPSA) is 54.4 Å². The molecule has 1 aromatic rings. The van der Waals surface area contributed by atoms with Gasteiger partial charge in [-0.3, -0.25) is 0 Å². The molecule has 0 aliphatic carbocycles. The molecular formula is C14H24N2O2S. The summed E-state index contributed by atoms with van der Waals surface area (Å²) in [4.78, 5) is 4.62. The summed E-state index contributed by atoms with van der Waals surface area (Å²) >= 11 is 1.73. The van der Waals surface area contributed by atoms with Crippen LogP contribution in [0.1, 0.15) is 43.3 Å². The molecule has 2 rings (SSSR count). The highest BCUT2D eigenvalue weighted by molar-refractivity contribution is 7.09. The van der Waals surface area contributed by atoms with Gasteiger partial charge in [0.2, 0.25) is 0 Å². The molecule has 1 aliphatic heterocycles. The molecule has 1 aliphatic rings. The molecule has 108 valence electrons. The lowest BCUT2D eigenvalue weighted by atomic mass is 9.84. The van der Waals surface area contributed by atoms with Gasteiger partial charge in [-0.2, -0.15) is 0 Å². The Kier molecular flexibility index (Phi) is 5.33. The van der Waals surface area contributed by atoms with E-state index in [0.29, 0.717) is 5.92 Å². The number of thiazole rings is 1. The second-order valence-electron chi connectivity index (χ2n) is 5.71. The second-order valence-corrected chi connectivity index (χ2v) is 6.60. The van der Waals surface area contributed by atoms with E-state index in [9.17, 15) is 5.11 Å². The van der Waals surface area contributed by atoms with Crippen molar-refractivity contribution in [2.75, 3.05) is 26.4 Å². The third kappa shape index (κ3) is 3.99. The lowest BCUT2D eigenvalue weighted by Crippen LogP contribution is -2.35. The molecule has 0 spiro atoms. The van der Waals surface area contributed by atoms with Crippen LogP contribution in [0.4, 0.5) is 0 Å². The Morgan fingerprint density at radius 2 is 2.42 bits per heavy atom. The zero-order valence-electron chi connectivity index (χ0n) is 11.8. The number of ether oxygens (including phenoxy) is 1. The van der Waals surface area contributed by atoms with Gasteiger partial charge in [0.25, 0.3) is 0 Å². The van der Waals surface area contributed by atoms with Crippen molar-refractivity contribution in [2.24, 2.45) is 5.41 Å². The van der Waals surface area contributed by atoms with Gasteiger partial charge in [0.15, 0.2) is 0 Å². The van der Waals surface area contributed by atoms with Gasteiger partial charge in [-0.15, -0.1) is 11.3 Å². The van der Waals surface area contributed by atoms with Crippen LogP contribution < -0.4 is 5.32 Å². The van der Waals surface area contributed by atoms with Crippen LogP contribution in [0.25, 0.3) is 0 Å². The lowest BCUT2D eigenvalue weighted by molar-refractivity contribution is 0.124. The molecule has 5 heteroatoms. The van der Waals surface area contributed by atoms with Crippen molar-refractivity contribution in [3.8, 4) is 0 Å². The zero-order valence-corrected chi connectivity index (χ0v) is 12.6. The first-order valence-corrected chi connectivity index (χ1v) is 7.87. The number of aliphatic hydroxyl groups excluding tert-OH is 1. The molecule has 2 heterocycles. The van der Waals surface area contributed by atoms with E-state index in [0.717, 1.165) is 44.8 Å². The van der Waals surface area contributed by atoms with Gasteiger partial charge >= 0.3 is 0 Å². The van der Waals surface area contributed by atoms with Crippen LogP contribution in [0.5, 0.6) is 0 Å². The van der Waals surface area contributed by atoms with E-state index in [4.69, 9.17) is 4.74 Å². The molecule has 1 fully saturated rings. The summed E-state index contributed by atoms with van der Waals surface area (Å²) in [7, 11) is 0. The Morgan fingerprint density at radius 1 is 1.58 bits per heavy atom. The first-order valence-electron chi connectivity index (χ1n) is 6.99. The highest BCUT2D eigenvalue weighted by atomic mass is 32.1. The van der Waals surface area contributed by atoms with Crippen molar-refractivity contribution in [3.05, 3.63) is 16.1 Å². The van der Waals surface area contributed by atoms with Gasteiger partial charge in [-0.25, -0.2) is 4.98 Å². The fourth-order valence-electron chi connectivity index (χ4n) is 2.44. The molecule has 1 saturated heterocycles. The average Bonchev–Trinajstić information content (AvgIpc) is 2.99. The monoisotopic (exact) mass is 284 g/mol. The summed E-state index contributed by atoms with van der Waals surface area (Å²) in [5.74, 6) is 0.503. The van der Waals surface area contributed by atoms with Gasteiger partial charge in [-0.05, 0) is 12.8 Å². The Labute approximate surface area is 119 Å². The predicted octanol–water partition coefficient (Wildman–Crippen LogP) is 2.15. The Bertz CT molecular complexity index is 387. The maximum absolute atomic E-state index is 9.18. The van der Waals surface area contributed by atoms with Crippen LogP contribution in [0.3, 0.4) is 0 Å². The molecular weight excluding hydrogens is 260 g/mol. The van der Waals surface area contributed by atoms with E-state index in [-0.39, 0.29) is 12.0 Å². The molecule has 0 radical (unpaired) electrons. The fraction of sp³-hybridized carbons (Fsp3) is 0.786. The van der Waals surface area contributed by atoms with Crippen molar-refractivity contribution in [1.82, 2.24) is 10.3 Å². The Balaban J connectivity index is 1.81. The van der Waals surface area contributed by atoms with Crippen LogP contribution in [0.2, 0.25) is 0 Å². The molecule has 4 nitrogen and oxygen atoms in total. The maximum atomic E-state index is 9.18. The summed E-state index contributed by atoms with van der Waals surface area (Å²) < 4.78 is 5.49. The zero-order chi connectivity index (χ0) is 13.7. The van der Waals surface area contributed by atoms with Crippen molar-refractivity contribution in [3.63, 3.8) is 0 Å². The minimum absolute atomic E-state index is 0.117. The van der Waals surface area contributed by atoms with Gasteiger partial charge in [-0.1, -0.05) is 13.8 Å². The first-order chi connectivity index (χ1) is 9.15. The molecule has 0 bridgehead atoms. The third-order valence-corrected chi connectivity index (χ3v) is 4.89. The van der Waals surface area contributed by atoms with E-state index in [1.165, 1.54) is 5.01 Å². The fourth-order valence-corrected chi connectivity index (χ4v) is 3.27. The number of aliphatic hydroxyl groups is 1. The minimum atomic E-state index is 0.117. The third-order valence-electron chi connectivity index (χ3n) is 3.70. The summed E-state index contributed by atoms with van der Waals surface area (Å²) in [6.07, 6.45) is 1.85. The van der Waals surface area contributed by atoms with Crippen molar-refractivity contribution >= 4 is 11.3 Å². The van der Waals surface area contributed by atoms with E-state index in [1.54, 1.807) is 11.3 Å². The Hall–Kier alpha value is -0.490. The van der Waals surface area contributed by atoms with Gasteiger partial charge in [0.1, 0.15) is 0 Å². The minimum Gasteiger partial charge on any atom is -0.396 e. The molecule has 0 amide bonds. The molecule has 1 unspecified atom stereocenters. The smallest absolute Gasteiger partial charge is 0.0954 e. The predicted molar refractivity (Wildman–Crippen MR) is 77.5 cm³/mol. The highest BCUT2D eigenvalue weighted by Crippen LogP contribution is 2.31.